The number of hydrogen-bond donors (Lipinski definition) is 2. The van der Waals surface area contributed by atoms with Crippen LogP contribution in [0.3, 0.4) is 0 Å². The van der Waals surface area contributed by atoms with Crippen molar-refractivity contribution < 1.29 is 33.6 Å². The summed E-state index contributed by atoms with van der Waals surface area (Å²) >= 11 is 0. The van der Waals surface area contributed by atoms with Crippen molar-refractivity contribution in [3.63, 3.8) is 0 Å². The van der Waals surface area contributed by atoms with E-state index in [0.717, 1.165) is 0 Å². The van der Waals surface area contributed by atoms with Gasteiger partial charge in [-0.15, -0.1) is 0 Å². The Bertz CT molecular complexity index is 612. The summed E-state index contributed by atoms with van der Waals surface area (Å²) in [6, 6.07) is 3.37. The molecule has 0 aromatic heterocycles. The van der Waals surface area contributed by atoms with Crippen LogP contribution in [0.4, 0.5) is 4.79 Å². The van der Waals surface area contributed by atoms with E-state index in [1.807, 2.05) is 0 Å². The van der Waals surface area contributed by atoms with E-state index < -0.39 is 23.6 Å². The number of rotatable bonds is 8. The predicted molar refractivity (Wildman–Crippen MR) is 95.2 cm³/mol. The summed E-state index contributed by atoms with van der Waals surface area (Å²) in [4.78, 5) is 23.3. The van der Waals surface area contributed by atoms with Crippen LogP contribution in [0.1, 0.15) is 26.3 Å². The van der Waals surface area contributed by atoms with Crippen molar-refractivity contribution in [2.24, 2.45) is 5.92 Å². The highest BCUT2D eigenvalue weighted by Gasteiger charge is 2.23. The van der Waals surface area contributed by atoms with Gasteiger partial charge in [-0.3, -0.25) is 4.79 Å². The molecule has 1 rings (SSSR count). The number of amides is 1. The molecule has 0 aliphatic rings. The fraction of sp³-hybridized carbons (Fsp3) is 0.556. The molecule has 8 nitrogen and oxygen atoms in total. The van der Waals surface area contributed by atoms with Gasteiger partial charge in [-0.1, -0.05) is 0 Å². The van der Waals surface area contributed by atoms with Gasteiger partial charge >= 0.3 is 12.1 Å². The highest BCUT2D eigenvalue weighted by atomic mass is 16.6. The van der Waals surface area contributed by atoms with Gasteiger partial charge in [0.15, 0.2) is 11.5 Å². The molecule has 0 fully saturated rings. The van der Waals surface area contributed by atoms with Crippen LogP contribution in [-0.2, 0) is 16.0 Å². The molecule has 0 heterocycles. The monoisotopic (exact) mass is 369 g/mol. The fourth-order valence-electron chi connectivity index (χ4n) is 2.31. The van der Waals surface area contributed by atoms with Crippen molar-refractivity contribution in [3.05, 3.63) is 17.7 Å². The van der Waals surface area contributed by atoms with Gasteiger partial charge in [-0.25, -0.2) is 4.79 Å². The maximum Gasteiger partial charge on any atom is 0.407 e. The van der Waals surface area contributed by atoms with Crippen molar-refractivity contribution in [1.29, 1.82) is 0 Å². The zero-order chi connectivity index (χ0) is 19.9. The average molecular weight is 369 g/mol. The molecule has 0 aliphatic heterocycles. The summed E-state index contributed by atoms with van der Waals surface area (Å²) in [5, 5.41) is 11.9. The molecule has 0 saturated heterocycles. The number of methoxy groups -OCH3 is 3. The zero-order valence-electron chi connectivity index (χ0n) is 16.0. The Morgan fingerprint density at radius 3 is 2.00 bits per heavy atom. The standard InChI is InChI=1S/C18H27NO7/c1-18(2,3)26-17(22)19-10-12(16(20)21)7-11-8-13(23-4)15(25-6)14(9-11)24-5/h8-9,12H,7,10H2,1-6H3,(H,19,22)(H,20,21)/t12-/m0/s1. The Kier molecular flexibility index (Phi) is 7.55. The number of benzene rings is 1. The Hall–Kier alpha value is -2.64. The smallest absolute Gasteiger partial charge is 0.407 e. The lowest BCUT2D eigenvalue weighted by atomic mass is 9.98. The Balaban J connectivity index is 2.91. The third-order valence-corrected chi connectivity index (χ3v) is 3.45. The van der Waals surface area contributed by atoms with Gasteiger partial charge in [0.1, 0.15) is 5.60 Å². The normalized spacial score (nSPS) is 12.1. The van der Waals surface area contributed by atoms with E-state index in [9.17, 15) is 14.7 Å². The van der Waals surface area contributed by atoms with Gasteiger partial charge in [0.2, 0.25) is 5.75 Å². The summed E-state index contributed by atoms with van der Waals surface area (Å²) in [6.45, 7) is 5.13. The molecular formula is C18H27NO7. The minimum absolute atomic E-state index is 0.0685. The van der Waals surface area contributed by atoms with Crippen LogP contribution >= 0.6 is 0 Å². The molecule has 146 valence electrons. The van der Waals surface area contributed by atoms with Crippen LogP contribution in [0, 0.1) is 5.92 Å². The third-order valence-electron chi connectivity index (χ3n) is 3.45. The molecule has 2 N–H and O–H groups in total. The molecular weight excluding hydrogens is 342 g/mol. The number of carbonyl (C=O) groups excluding carboxylic acids is 1. The predicted octanol–water partition coefficient (Wildman–Crippen LogP) is 2.48. The number of ether oxygens (including phenoxy) is 4. The van der Waals surface area contributed by atoms with Crippen LogP contribution in [-0.4, -0.2) is 50.6 Å². The number of hydrogen-bond acceptors (Lipinski definition) is 6. The fourth-order valence-corrected chi connectivity index (χ4v) is 2.31. The second-order valence-electron chi connectivity index (χ2n) is 6.66. The largest absolute Gasteiger partial charge is 0.493 e. The van der Waals surface area contributed by atoms with Crippen LogP contribution in [0.25, 0.3) is 0 Å². The van der Waals surface area contributed by atoms with Crippen molar-refractivity contribution in [1.82, 2.24) is 5.32 Å². The SMILES string of the molecule is COc1cc(C[C@@H](CNC(=O)OC(C)(C)C)C(=O)O)cc(OC)c1OC. The van der Waals surface area contributed by atoms with E-state index in [2.05, 4.69) is 5.32 Å². The van der Waals surface area contributed by atoms with Crippen LogP contribution in [0.5, 0.6) is 17.2 Å². The van der Waals surface area contributed by atoms with E-state index >= 15 is 0 Å². The summed E-state index contributed by atoms with van der Waals surface area (Å²) in [5.74, 6) is -0.574. The molecule has 0 radical (unpaired) electrons. The second kappa shape index (κ2) is 9.17. The number of carbonyl (C=O) groups is 2. The molecule has 1 aromatic rings. The van der Waals surface area contributed by atoms with E-state index in [1.165, 1.54) is 21.3 Å². The van der Waals surface area contributed by atoms with Crippen molar-refractivity contribution in [2.75, 3.05) is 27.9 Å². The van der Waals surface area contributed by atoms with Crippen LogP contribution < -0.4 is 19.5 Å². The van der Waals surface area contributed by atoms with Gasteiger partial charge in [0, 0.05) is 6.54 Å². The van der Waals surface area contributed by atoms with Crippen molar-refractivity contribution in [2.45, 2.75) is 32.8 Å². The van der Waals surface area contributed by atoms with Gasteiger partial charge in [-0.05, 0) is 44.9 Å². The third kappa shape index (κ3) is 6.34. The summed E-state index contributed by atoms with van der Waals surface area (Å²) in [5.41, 5.74) is 0.0253. The number of carboxylic acid groups (broad SMARTS) is 1. The molecule has 0 spiro atoms. The first-order chi connectivity index (χ1) is 12.1. The molecule has 0 aliphatic carbocycles. The second-order valence-corrected chi connectivity index (χ2v) is 6.66. The Morgan fingerprint density at radius 2 is 1.62 bits per heavy atom. The van der Waals surface area contributed by atoms with Crippen LogP contribution in [0.2, 0.25) is 0 Å². The molecule has 0 saturated carbocycles. The molecule has 0 bridgehead atoms. The first-order valence-corrected chi connectivity index (χ1v) is 8.09. The molecule has 0 unspecified atom stereocenters. The maximum absolute atomic E-state index is 11.7. The van der Waals surface area contributed by atoms with E-state index in [-0.39, 0.29) is 13.0 Å². The molecule has 1 atom stereocenters. The first-order valence-electron chi connectivity index (χ1n) is 8.09. The topological polar surface area (TPSA) is 103 Å². The lowest BCUT2D eigenvalue weighted by Gasteiger charge is -2.21. The number of carboxylic acids is 1. The highest BCUT2D eigenvalue weighted by Crippen LogP contribution is 2.38. The number of alkyl carbamates (subject to hydrolysis) is 1. The average Bonchev–Trinajstić information content (AvgIpc) is 2.55. The van der Waals surface area contributed by atoms with Crippen molar-refractivity contribution >= 4 is 12.1 Å². The molecule has 26 heavy (non-hydrogen) atoms. The van der Waals surface area contributed by atoms with E-state index in [4.69, 9.17) is 18.9 Å². The lowest BCUT2D eigenvalue weighted by Crippen LogP contribution is -2.37. The molecule has 1 amide bonds. The zero-order valence-corrected chi connectivity index (χ0v) is 16.0. The van der Waals surface area contributed by atoms with Gasteiger partial charge < -0.3 is 29.4 Å². The summed E-state index contributed by atoms with van der Waals surface area (Å²) in [6.07, 6.45) is -0.490. The quantitative estimate of drug-likeness (QED) is 0.725. The van der Waals surface area contributed by atoms with Crippen molar-refractivity contribution in [3.8, 4) is 17.2 Å². The van der Waals surface area contributed by atoms with Gasteiger partial charge in [-0.2, -0.15) is 0 Å². The molecule has 8 heteroatoms. The summed E-state index contributed by atoms with van der Waals surface area (Å²) in [7, 11) is 4.46. The Labute approximate surface area is 153 Å². The minimum Gasteiger partial charge on any atom is -0.493 e. The lowest BCUT2D eigenvalue weighted by molar-refractivity contribution is -0.141. The summed E-state index contributed by atoms with van der Waals surface area (Å²) < 4.78 is 20.9. The van der Waals surface area contributed by atoms with Crippen LogP contribution in [0.15, 0.2) is 12.1 Å². The van der Waals surface area contributed by atoms with Gasteiger partial charge in [0.05, 0.1) is 27.2 Å². The Morgan fingerprint density at radius 1 is 1.08 bits per heavy atom. The highest BCUT2D eigenvalue weighted by molar-refractivity contribution is 5.73. The minimum atomic E-state index is -1.03. The maximum atomic E-state index is 11.7. The first kappa shape index (κ1) is 21.4. The van der Waals surface area contributed by atoms with Gasteiger partial charge in [0.25, 0.3) is 0 Å². The molecule has 1 aromatic carbocycles. The number of nitrogens with one attached hydrogen (secondary N) is 1. The van der Waals surface area contributed by atoms with E-state index in [1.54, 1.807) is 32.9 Å². The van der Waals surface area contributed by atoms with E-state index in [0.29, 0.717) is 22.8 Å². The number of aliphatic carboxylic acids is 1.